The summed E-state index contributed by atoms with van der Waals surface area (Å²) >= 11 is 0. The number of nitro groups is 1. The molecule has 0 bridgehead atoms. The van der Waals surface area contributed by atoms with Crippen LogP contribution in [0.4, 0.5) is 11.4 Å². The molecule has 0 N–H and O–H groups in total. The fraction of sp³-hybridized carbons (Fsp3) is 0.600. The number of esters is 1. The fourth-order valence-electron chi connectivity index (χ4n) is 4.01. The molecule has 28 heavy (non-hydrogen) atoms. The molecule has 2 aliphatic rings. The van der Waals surface area contributed by atoms with Crippen molar-refractivity contribution < 1.29 is 19.2 Å². The van der Waals surface area contributed by atoms with Gasteiger partial charge in [-0.1, -0.05) is 19.3 Å². The second-order valence-electron chi connectivity index (χ2n) is 7.53. The van der Waals surface area contributed by atoms with Crippen LogP contribution in [0.3, 0.4) is 0 Å². The Kier molecular flexibility index (Phi) is 6.49. The quantitative estimate of drug-likeness (QED) is 0.422. The summed E-state index contributed by atoms with van der Waals surface area (Å²) in [5.74, 6) is -0.968. The highest BCUT2D eigenvalue weighted by Gasteiger charge is 2.26. The summed E-state index contributed by atoms with van der Waals surface area (Å²) in [4.78, 5) is 39.2. The van der Waals surface area contributed by atoms with E-state index in [9.17, 15) is 19.7 Å². The number of carbonyl (C=O) groups excluding carboxylic acids is 2. The van der Waals surface area contributed by atoms with E-state index in [2.05, 4.69) is 0 Å². The van der Waals surface area contributed by atoms with Crippen LogP contribution in [0.5, 0.6) is 0 Å². The number of amides is 1. The van der Waals surface area contributed by atoms with Crippen molar-refractivity contribution in [3.63, 3.8) is 0 Å². The number of hydrogen-bond acceptors (Lipinski definition) is 6. The summed E-state index contributed by atoms with van der Waals surface area (Å²) in [6.45, 7) is 1.19. The van der Waals surface area contributed by atoms with Crippen molar-refractivity contribution >= 4 is 23.3 Å². The summed E-state index contributed by atoms with van der Waals surface area (Å²) in [6.07, 6.45) is 7.35. The van der Waals surface area contributed by atoms with Crippen LogP contribution in [-0.2, 0) is 9.53 Å². The van der Waals surface area contributed by atoms with Gasteiger partial charge in [0.25, 0.3) is 11.6 Å². The van der Waals surface area contributed by atoms with E-state index in [-0.39, 0.29) is 29.8 Å². The molecule has 1 saturated heterocycles. The van der Waals surface area contributed by atoms with E-state index < -0.39 is 10.9 Å². The summed E-state index contributed by atoms with van der Waals surface area (Å²) in [5, 5.41) is 11.4. The lowest BCUT2D eigenvalue weighted by molar-refractivity contribution is -0.384. The monoisotopic (exact) mass is 389 g/mol. The van der Waals surface area contributed by atoms with Crippen molar-refractivity contribution in [1.82, 2.24) is 4.90 Å². The first-order chi connectivity index (χ1) is 13.5. The van der Waals surface area contributed by atoms with Crippen molar-refractivity contribution in [2.75, 3.05) is 31.6 Å². The molecule has 0 atom stereocenters. The van der Waals surface area contributed by atoms with E-state index in [1.165, 1.54) is 18.6 Å². The average molecular weight is 389 g/mol. The standard InChI is InChI=1S/C20H27N3O5/c1-21(16-7-3-2-4-8-16)19(24)14-28-20(25)15-9-10-17(18(13-15)23(26)27)22-11-5-6-12-22/h9-10,13,16H,2-8,11-12,14H2,1H3. The minimum absolute atomic E-state index is 0.0859. The maximum absolute atomic E-state index is 12.3. The minimum atomic E-state index is -0.721. The lowest BCUT2D eigenvalue weighted by Crippen LogP contribution is -2.40. The Morgan fingerprint density at radius 3 is 2.50 bits per heavy atom. The molecule has 1 aromatic carbocycles. The molecule has 1 aliphatic heterocycles. The molecule has 1 aliphatic carbocycles. The van der Waals surface area contributed by atoms with Gasteiger partial charge < -0.3 is 14.5 Å². The van der Waals surface area contributed by atoms with Gasteiger partial charge in [-0.25, -0.2) is 4.79 Å². The molecular formula is C20H27N3O5. The molecule has 1 heterocycles. The number of hydrogen-bond donors (Lipinski definition) is 0. The largest absolute Gasteiger partial charge is 0.452 e. The number of benzene rings is 1. The van der Waals surface area contributed by atoms with E-state index in [4.69, 9.17) is 4.74 Å². The third-order valence-corrected chi connectivity index (χ3v) is 5.70. The van der Waals surface area contributed by atoms with E-state index >= 15 is 0 Å². The first kappa shape index (κ1) is 20.1. The van der Waals surface area contributed by atoms with Crippen LogP contribution < -0.4 is 4.90 Å². The van der Waals surface area contributed by atoms with Gasteiger partial charge in [0.05, 0.1) is 10.5 Å². The summed E-state index contributed by atoms with van der Waals surface area (Å²) in [7, 11) is 1.74. The maximum Gasteiger partial charge on any atom is 0.338 e. The molecule has 1 aromatic rings. The molecule has 3 rings (SSSR count). The Morgan fingerprint density at radius 2 is 1.86 bits per heavy atom. The third kappa shape index (κ3) is 4.61. The second-order valence-corrected chi connectivity index (χ2v) is 7.53. The van der Waals surface area contributed by atoms with Crippen LogP contribution in [0.2, 0.25) is 0 Å². The molecule has 0 spiro atoms. The second kappa shape index (κ2) is 9.03. The zero-order valence-electron chi connectivity index (χ0n) is 16.3. The summed E-state index contributed by atoms with van der Waals surface area (Å²) in [6, 6.07) is 4.56. The lowest BCUT2D eigenvalue weighted by atomic mass is 9.94. The number of nitro benzene ring substituents is 1. The predicted octanol–water partition coefficient (Wildman–Crippen LogP) is 3.14. The SMILES string of the molecule is CN(C(=O)COC(=O)c1ccc(N2CCCC2)c([N+](=O)[O-])c1)C1CCCCC1. The van der Waals surface area contributed by atoms with Crippen LogP contribution >= 0.6 is 0 Å². The lowest BCUT2D eigenvalue weighted by Gasteiger charge is -2.31. The highest BCUT2D eigenvalue weighted by atomic mass is 16.6. The molecular weight excluding hydrogens is 362 g/mol. The fourth-order valence-corrected chi connectivity index (χ4v) is 4.01. The van der Waals surface area contributed by atoms with E-state index in [0.717, 1.165) is 51.6 Å². The third-order valence-electron chi connectivity index (χ3n) is 5.70. The van der Waals surface area contributed by atoms with Crippen LogP contribution in [0.1, 0.15) is 55.3 Å². The van der Waals surface area contributed by atoms with Gasteiger partial charge >= 0.3 is 5.97 Å². The number of likely N-dealkylation sites (N-methyl/N-ethyl adjacent to an activating group) is 1. The number of rotatable bonds is 6. The van der Waals surface area contributed by atoms with E-state index in [1.54, 1.807) is 18.0 Å². The Balaban J connectivity index is 1.62. The van der Waals surface area contributed by atoms with Crippen molar-refractivity contribution in [2.45, 2.75) is 51.0 Å². The molecule has 8 heteroatoms. The smallest absolute Gasteiger partial charge is 0.338 e. The molecule has 0 unspecified atom stereocenters. The Hall–Kier alpha value is -2.64. The number of carbonyl (C=O) groups is 2. The van der Waals surface area contributed by atoms with Crippen LogP contribution in [0.15, 0.2) is 18.2 Å². The van der Waals surface area contributed by atoms with Crippen LogP contribution in [0, 0.1) is 10.1 Å². The van der Waals surface area contributed by atoms with Crippen molar-refractivity contribution in [2.24, 2.45) is 0 Å². The van der Waals surface area contributed by atoms with Crippen LogP contribution in [-0.4, -0.2) is 54.5 Å². The molecule has 152 valence electrons. The van der Waals surface area contributed by atoms with E-state index in [1.807, 2.05) is 4.90 Å². The predicted molar refractivity (Wildman–Crippen MR) is 104 cm³/mol. The Labute approximate surface area is 164 Å². The van der Waals surface area contributed by atoms with E-state index in [0.29, 0.717) is 5.69 Å². The maximum atomic E-state index is 12.3. The zero-order chi connectivity index (χ0) is 20.1. The molecule has 1 saturated carbocycles. The molecule has 0 radical (unpaired) electrons. The van der Waals surface area contributed by atoms with Gasteiger partial charge in [0, 0.05) is 32.2 Å². The van der Waals surface area contributed by atoms with Gasteiger partial charge in [-0.05, 0) is 37.8 Å². The summed E-state index contributed by atoms with van der Waals surface area (Å²) < 4.78 is 5.14. The molecule has 0 aromatic heterocycles. The molecule has 2 fully saturated rings. The zero-order valence-corrected chi connectivity index (χ0v) is 16.3. The highest BCUT2D eigenvalue weighted by molar-refractivity contribution is 5.93. The van der Waals surface area contributed by atoms with Crippen LogP contribution in [0.25, 0.3) is 0 Å². The van der Waals surface area contributed by atoms with Crippen molar-refractivity contribution in [3.8, 4) is 0 Å². The van der Waals surface area contributed by atoms with Gasteiger partial charge in [-0.15, -0.1) is 0 Å². The summed E-state index contributed by atoms with van der Waals surface area (Å²) in [5.41, 5.74) is 0.497. The normalized spacial score (nSPS) is 17.4. The number of nitrogens with zero attached hydrogens (tertiary/aromatic N) is 3. The average Bonchev–Trinajstić information content (AvgIpc) is 3.26. The van der Waals surface area contributed by atoms with Crippen molar-refractivity contribution in [1.29, 1.82) is 0 Å². The van der Waals surface area contributed by atoms with Gasteiger partial charge in [0.2, 0.25) is 0 Å². The minimum Gasteiger partial charge on any atom is -0.452 e. The van der Waals surface area contributed by atoms with Gasteiger partial charge in [-0.3, -0.25) is 14.9 Å². The Bertz CT molecular complexity index is 739. The van der Waals surface area contributed by atoms with Gasteiger partial charge in [-0.2, -0.15) is 0 Å². The first-order valence-electron chi connectivity index (χ1n) is 9.93. The Morgan fingerprint density at radius 1 is 1.18 bits per heavy atom. The van der Waals surface area contributed by atoms with Gasteiger partial charge in [0.1, 0.15) is 5.69 Å². The van der Waals surface area contributed by atoms with Crippen molar-refractivity contribution in [3.05, 3.63) is 33.9 Å². The van der Waals surface area contributed by atoms with Gasteiger partial charge in [0.15, 0.2) is 6.61 Å². The number of ether oxygens (including phenoxy) is 1. The molecule has 1 amide bonds. The topological polar surface area (TPSA) is 93.0 Å². The highest BCUT2D eigenvalue weighted by Crippen LogP contribution is 2.31. The number of anilines is 1. The molecule has 8 nitrogen and oxygen atoms in total. The first-order valence-corrected chi connectivity index (χ1v) is 9.93.